The van der Waals surface area contributed by atoms with E-state index in [0.29, 0.717) is 30.3 Å². The molecule has 160 valence electrons. The van der Waals surface area contributed by atoms with Gasteiger partial charge in [-0.15, -0.1) is 10.2 Å². The number of sulfonamides is 1. The highest BCUT2D eigenvalue weighted by Gasteiger charge is 2.18. The Balaban J connectivity index is 1.37. The van der Waals surface area contributed by atoms with Crippen LogP contribution in [0.25, 0.3) is 11.4 Å². The number of aryl methyl sites for hydroxylation is 2. The van der Waals surface area contributed by atoms with Crippen molar-refractivity contribution in [3.05, 3.63) is 72.2 Å². The summed E-state index contributed by atoms with van der Waals surface area (Å²) in [6.07, 6.45) is 2.02. The van der Waals surface area contributed by atoms with Crippen LogP contribution in [0.3, 0.4) is 0 Å². The number of aromatic nitrogens is 6. The first-order valence-electron chi connectivity index (χ1n) is 9.90. The van der Waals surface area contributed by atoms with E-state index in [1.54, 1.807) is 16.9 Å². The van der Waals surface area contributed by atoms with Gasteiger partial charge in [-0.1, -0.05) is 56.3 Å². The number of hydrogen-bond acceptors (Lipinski definition) is 6. The van der Waals surface area contributed by atoms with Gasteiger partial charge >= 0.3 is 0 Å². The van der Waals surface area contributed by atoms with Gasteiger partial charge < -0.3 is 4.98 Å². The molecule has 4 aromatic rings. The second-order valence-corrected chi connectivity index (χ2v) is 9.07. The van der Waals surface area contributed by atoms with Gasteiger partial charge in [-0.25, -0.2) is 4.98 Å². The number of nitrogens with zero attached hydrogens (tertiary/aromatic N) is 5. The monoisotopic (exact) mass is 437 g/mol. The molecule has 0 unspecified atom stereocenters. The Morgan fingerprint density at radius 1 is 1.06 bits per heavy atom. The zero-order chi connectivity index (χ0) is 21.8. The molecule has 2 heterocycles. The van der Waals surface area contributed by atoms with Crippen molar-refractivity contribution in [3.63, 3.8) is 0 Å². The molecule has 0 saturated heterocycles. The third kappa shape index (κ3) is 4.97. The minimum Gasteiger partial charge on any atom is -0.331 e. The first-order chi connectivity index (χ1) is 14.9. The number of tetrazole rings is 1. The summed E-state index contributed by atoms with van der Waals surface area (Å²) in [4.78, 5) is 8.53. The third-order valence-corrected chi connectivity index (χ3v) is 5.99. The average Bonchev–Trinajstić information content (AvgIpc) is 3.44. The number of benzene rings is 2. The lowest BCUT2D eigenvalue weighted by molar-refractivity contribution is 0.523. The minimum absolute atomic E-state index is 0.0479. The highest BCUT2D eigenvalue weighted by molar-refractivity contribution is 7.92. The van der Waals surface area contributed by atoms with Gasteiger partial charge in [0.05, 0.1) is 12.7 Å². The molecule has 0 atom stereocenters. The number of nitrogens with one attached hydrogen (secondary N) is 2. The molecule has 10 heteroatoms. The van der Waals surface area contributed by atoms with Crippen molar-refractivity contribution in [1.82, 2.24) is 30.2 Å². The van der Waals surface area contributed by atoms with E-state index < -0.39 is 10.0 Å². The molecule has 0 spiro atoms. The summed E-state index contributed by atoms with van der Waals surface area (Å²) in [7, 11) is -3.72. The van der Waals surface area contributed by atoms with Gasteiger partial charge in [0.2, 0.25) is 5.82 Å². The van der Waals surface area contributed by atoms with E-state index in [2.05, 4.69) is 30.1 Å². The number of hydrogen-bond donors (Lipinski definition) is 2. The van der Waals surface area contributed by atoms with Crippen LogP contribution in [0.2, 0.25) is 0 Å². The molecule has 0 amide bonds. The van der Waals surface area contributed by atoms with Crippen LogP contribution in [-0.2, 0) is 23.0 Å². The lowest BCUT2D eigenvalue weighted by atomic mass is 10.1. The Morgan fingerprint density at radius 3 is 2.48 bits per heavy atom. The minimum atomic E-state index is -3.72. The fourth-order valence-corrected chi connectivity index (χ4v) is 3.96. The quantitative estimate of drug-likeness (QED) is 0.437. The zero-order valence-electron chi connectivity index (χ0n) is 17.2. The Labute approximate surface area is 180 Å². The Bertz CT molecular complexity index is 1250. The van der Waals surface area contributed by atoms with Crippen molar-refractivity contribution in [2.45, 2.75) is 37.8 Å². The second kappa shape index (κ2) is 8.68. The Kier molecular flexibility index (Phi) is 5.81. The van der Waals surface area contributed by atoms with Gasteiger partial charge in [-0.3, -0.25) is 4.72 Å². The van der Waals surface area contributed by atoms with Gasteiger partial charge in [0.1, 0.15) is 5.82 Å². The molecule has 0 fully saturated rings. The highest BCUT2D eigenvalue weighted by atomic mass is 32.2. The van der Waals surface area contributed by atoms with Crippen LogP contribution in [0.1, 0.15) is 31.2 Å². The SMILES string of the molecule is CC(C)c1ncc(S(=O)(=O)Nc2ccc(CCn3nnc(-c4ccccc4)n3)cc2)[nH]1. The Hall–Kier alpha value is -3.53. The van der Waals surface area contributed by atoms with Crippen molar-refractivity contribution < 1.29 is 8.42 Å². The first-order valence-corrected chi connectivity index (χ1v) is 11.4. The summed E-state index contributed by atoms with van der Waals surface area (Å²) < 4.78 is 27.7. The summed E-state index contributed by atoms with van der Waals surface area (Å²) in [5.41, 5.74) is 2.43. The van der Waals surface area contributed by atoms with E-state index >= 15 is 0 Å². The van der Waals surface area contributed by atoms with Crippen LogP contribution < -0.4 is 4.72 Å². The maximum Gasteiger partial charge on any atom is 0.278 e. The smallest absolute Gasteiger partial charge is 0.278 e. The van der Waals surface area contributed by atoms with Crippen LogP contribution in [0.4, 0.5) is 5.69 Å². The van der Waals surface area contributed by atoms with Gasteiger partial charge in [-0.2, -0.15) is 13.2 Å². The molecule has 0 radical (unpaired) electrons. The van der Waals surface area contributed by atoms with Crippen molar-refractivity contribution >= 4 is 15.7 Å². The summed E-state index contributed by atoms with van der Waals surface area (Å²) in [6, 6.07) is 16.9. The van der Waals surface area contributed by atoms with Gasteiger partial charge in [-0.05, 0) is 29.3 Å². The molecule has 9 nitrogen and oxygen atoms in total. The molecule has 2 N–H and O–H groups in total. The predicted molar refractivity (Wildman–Crippen MR) is 117 cm³/mol. The van der Waals surface area contributed by atoms with Crippen LogP contribution in [-0.4, -0.2) is 38.6 Å². The Morgan fingerprint density at radius 2 is 1.81 bits per heavy atom. The maximum absolute atomic E-state index is 12.5. The van der Waals surface area contributed by atoms with Crippen LogP contribution in [0.5, 0.6) is 0 Å². The molecule has 4 rings (SSSR count). The molecular weight excluding hydrogens is 414 g/mol. The van der Waals surface area contributed by atoms with Crippen LogP contribution in [0, 0.1) is 0 Å². The van der Waals surface area contributed by atoms with E-state index in [4.69, 9.17) is 0 Å². The number of aromatic amines is 1. The van der Waals surface area contributed by atoms with Crippen molar-refractivity contribution in [2.24, 2.45) is 0 Å². The molecule has 31 heavy (non-hydrogen) atoms. The first kappa shape index (κ1) is 20.7. The fraction of sp³-hybridized carbons (Fsp3) is 0.238. The van der Waals surface area contributed by atoms with E-state index in [-0.39, 0.29) is 10.9 Å². The maximum atomic E-state index is 12.5. The summed E-state index contributed by atoms with van der Waals surface area (Å²) in [5, 5.41) is 12.6. The number of rotatable bonds is 8. The normalized spacial score (nSPS) is 11.7. The van der Waals surface area contributed by atoms with Crippen molar-refractivity contribution in [1.29, 1.82) is 0 Å². The predicted octanol–water partition coefficient (Wildman–Crippen LogP) is 3.23. The number of anilines is 1. The molecule has 0 bridgehead atoms. The lowest BCUT2D eigenvalue weighted by Crippen LogP contribution is -2.13. The third-order valence-electron chi connectivity index (χ3n) is 4.70. The molecule has 2 aromatic carbocycles. The average molecular weight is 438 g/mol. The molecule has 0 saturated carbocycles. The van der Waals surface area contributed by atoms with Crippen molar-refractivity contribution in [3.8, 4) is 11.4 Å². The van der Waals surface area contributed by atoms with Gasteiger partial charge in [0, 0.05) is 17.2 Å². The zero-order valence-corrected chi connectivity index (χ0v) is 18.0. The molecular formula is C21H23N7O2S. The lowest BCUT2D eigenvalue weighted by Gasteiger charge is -2.07. The molecule has 2 aromatic heterocycles. The van der Waals surface area contributed by atoms with E-state index in [1.807, 2.05) is 56.3 Å². The second-order valence-electron chi connectivity index (χ2n) is 7.41. The van der Waals surface area contributed by atoms with Crippen LogP contribution in [0.15, 0.2) is 65.8 Å². The van der Waals surface area contributed by atoms with Gasteiger partial charge in [0.25, 0.3) is 10.0 Å². The molecule has 0 aliphatic carbocycles. The largest absolute Gasteiger partial charge is 0.331 e. The molecule has 0 aliphatic heterocycles. The number of H-pyrrole nitrogens is 1. The summed E-state index contributed by atoms with van der Waals surface area (Å²) in [5.74, 6) is 1.34. The van der Waals surface area contributed by atoms with Crippen LogP contribution >= 0.6 is 0 Å². The summed E-state index contributed by atoms with van der Waals surface area (Å²) >= 11 is 0. The van der Waals surface area contributed by atoms with E-state index in [0.717, 1.165) is 11.1 Å². The highest BCUT2D eigenvalue weighted by Crippen LogP contribution is 2.18. The van der Waals surface area contributed by atoms with E-state index in [9.17, 15) is 8.42 Å². The summed E-state index contributed by atoms with van der Waals surface area (Å²) in [6.45, 7) is 4.45. The fourth-order valence-electron chi connectivity index (χ4n) is 2.97. The van der Waals surface area contributed by atoms with E-state index in [1.165, 1.54) is 6.20 Å². The van der Waals surface area contributed by atoms with Crippen molar-refractivity contribution in [2.75, 3.05) is 4.72 Å². The molecule has 0 aliphatic rings. The standard InChI is InChI=1S/C21H23N7O2S/c1-15(2)20-22-14-19(23-20)31(29,30)26-18-10-8-16(9-11-18)12-13-28-25-21(24-27-28)17-6-4-3-5-7-17/h3-11,14-15,26H,12-13H2,1-2H3,(H,22,23). The van der Waals surface area contributed by atoms with Gasteiger partial charge in [0.15, 0.2) is 5.03 Å². The topological polar surface area (TPSA) is 118 Å². The number of imidazole rings is 1.